The van der Waals surface area contributed by atoms with Gasteiger partial charge in [-0.2, -0.15) is 36.5 Å². The third-order valence-corrected chi connectivity index (χ3v) is 5.36. The maximum Gasteiger partial charge on any atom is 0.435 e. The van der Waals surface area contributed by atoms with E-state index in [4.69, 9.17) is 0 Å². The Morgan fingerprint density at radius 2 is 1.69 bits per heavy atom. The van der Waals surface area contributed by atoms with Crippen molar-refractivity contribution >= 4 is 11.6 Å². The van der Waals surface area contributed by atoms with Crippen LogP contribution in [0.15, 0.2) is 67.0 Å². The van der Waals surface area contributed by atoms with Gasteiger partial charge in [0.1, 0.15) is 0 Å². The molecule has 0 unspecified atom stereocenters. The van der Waals surface area contributed by atoms with Crippen molar-refractivity contribution in [3.05, 3.63) is 95.1 Å². The van der Waals surface area contributed by atoms with Crippen LogP contribution in [0.3, 0.4) is 0 Å². The van der Waals surface area contributed by atoms with E-state index in [1.165, 1.54) is 41.3 Å². The SMILES string of the molecule is CCc1c(NC(=O)c2ccc(Cn3ccc(C(F)(F)F)n3)cc2)cnn1-c1cccc(C(F)(F)F)c1. The van der Waals surface area contributed by atoms with Crippen LogP contribution in [0.5, 0.6) is 0 Å². The molecule has 0 aliphatic rings. The first kappa shape index (κ1) is 25.0. The Balaban J connectivity index is 1.48. The molecule has 0 saturated heterocycles. The van der Waals surface area contributed by atoms with Crippen molar-refractivity contribution in [2.75, 3.05) is 5.32 Å². The standard InChI is InChI=1S/C24H19F6N5O/c1-2-20-19(13-31-35(20)18-5-3-4-17(12-18)23(25,26)27)32-22(36)16-8-6-15(7-9-16)14-34-11-10-21(33-34)24(28,29)30/h3-13H,2,14H2,1H3,(H,32,36). The van der Waals surface area contributed by atoms with E-state index in [1.807, 2.05) is 0 Å². The molecular weight excluding hydrogens is 488 g/mol. The van der Waals surface area contributed by atoms with Crippen LogP contribution in [0, 0.1) is 0 Å². The summed E-state index contributed by atoms with van der Waals surface area (Å²) in [5, 5.41) is 10.4. The van der Waals surface area contributed by atoms with Gasteiger partial charge in [0.15, 0.2) is 5.69 Å². The first-order valence-electron chi connectivity index (χ1n) is 10.7. The molecule has 0 aliphatic heterocycles. The number of carbonyl (C=O) groups is 1. The summed E-state index contributed by atoms with van der Waals surface area (Å²) >= 11 is 0. The average Bonchev–Trinajstić information content (AvgIpc) is 3.46. The molecule has 12 heteroatoms. The highest BCUT2D eigenvalue weighted by Gasteiger charge is 2.33. The molecule has 1 amide bonds. The number of rotatable bonds is 6. The van der Waals surface area contributed by atoms with Crippen LogP contribution in [0.2, 0.25) is 0 Å². The molecule has 0 saturated carbocycles. The number of amides is 1. The molecule has 0 aliphatic carbocycles. The van der Waals surface area contributed by atoms with E-state index < -0.39 is 29.5 Å². The molecule has 36 heavy (non-hydrogen) atoms. The normalized spacial score (nSPS) is 12.1. The fraction of sp³-hybridized carbons (Fsp3) is 0.208. The molecular formula is C24H19F6N5O. The maximum atomic E-state index is 13.1. The summed E-state index contributed by atoms with van der Waals surface area (Å²) in [7, 11) is 0. The molecule has 6 nitrogen and oxygen atoms in total. The number of carbonyl (C=O) groups excluding carboxylic acids is 1. The molecule has 2 aromatic carbocycles. The van der Waals surface area contributed by atoms with Crippen LogP contribution in [0.1, 0.15) is 39.8 Å². The number of benzene rings is 2. The minimum absolute atomic E-state index is 0.0850. The van der Waals surface area contributed by atoms with Gasteiger partial charge < -0.3 is 5.32 Å². The van der Waals surface area contributed by atoms with Crippen LogP contribution in [0.25, 0.3) is 5.69 Å². The van der Waals surface area contributed by atoms with Gasteiger partial charge in [-0.25, -0.2) is 4.68 Å². The van der Waals surface area contributed by atoms with E-state index >= 15 is 0 Å². The van der Waals surface area contributed by atoms with Crippen molar-refractivity contribution in [1.82, 2.24) is 19.6 Å². The predicted molar refractivity (Wildman–Crippen MR) is 119 cm³/mol. The van der Waals surface area contributed by atoms with Crippen LogP contribution in [0.4, 0.5) is 32.0 Å². The summed E-state index contributed by atoms with van der Waals surface area (Å²) in [6.07, 6.45) is -6.07. The Morgan fingerprint density at radius 3 is 2.31 bits per heavy atom. The van der Waals surface area contributed by atoms with Gasteiger partial charge in [-0.1, -0.05) is 25.1 Å². The number of aromatic nitrogens is 4. The molecule has 2 aromatic heterocycles. The number of hydrogen-bond acceptors (Lipinski definition) is 3. The van der Waals surface area contributed by atoms with E-state index in [9.17, 15) is 31.1 Å². The smallest absolute Gasteiger partial charge is 0.319 e. The zero-order valence-corrected chi connectivity index (χ0v) is 18.7. The zero-order chi connectivity index (χ0) is 26.1. The fourth-order valence-electron chi connectivity index (χ4n) is 3.60. The summed E-state index contributed by atoms with van der Waals surface area (Å²) in [6, 6.07) is 11.8. The lowest BCUT2D eigenvalue weighted by molar-refractivity contribution is -0.141. The van der Waals surface area contributed by atoms with Crippen LogP contribution < -0.4 is 5.32 Å². The van der Waals surface area contributed by atoms with Crippen LogP contribution >= 0.6 is 0 Å². The first-order valence-corrected chi connectivity index (χ1v) is 10.7. The largest absolute Gasteiger partial charge is 0.435 e. The number of nitrogens with zero attached hydrogens (tertiary/aromatic N) is 4. The van der Waals surface area contributed by atoms with Crippen LogP contribution in [-0.4, -0.2) is 25.5 Å². The molecule has 0 bridgehead atoms. The lowest BCUT2D eigenvalue weighted by Gasteiger charge is -2.12. The Bertz CT molecular complexity index is 1370. The number of halogens is 6. The van der Waals surface area contributed by atoms with Gasteiger partial charge in [-0.05, 0) is 48.4 Å². The number of anilines is 1. The van der Waals surface area contributed by atoms with Crippen LogP contribution in [-0.2, 0) is 25.3 Å². The molecule has 188 valence electrons. The highest BCUT2D eigenvalue weighted by molar-refractivity contribution is 6.04. The minimum atomic E-state index is -4.53. The molecule has 1 N–H and O–H groups in total. The minimum Gasteiger partial charge on any atom is -0.319 e. The van der Waals surface area contributed by atoms with Crippen molar-refractivity contribution in [1.29, 1.82) is 0 Å². The number of nitrogens with one attached hydrogen (secondary N) is 1. The first-order chi connectivity index (χ1) is 17.0. The monoisotopic (exact) mass is 507 g/mol. The second kappa shape index (κ2) is 9.51. The molecule has 2 heterocycles. The predicted octanol–water partition coefficient (Wildman–Crippen LogP) is 5.97. The van der Waals surface area contributed by atoms with Gasteiger partial charge in [-0.15, -0.1) is 0 Å². The Labute approximate surface area is 201 Å². The van der Waals surface area contributed by atoms with Gasteiger partial charge in [0.2, 0.25) is 0 Å². The zero-order valence-electron chi connectivity index (χ0n) is 18.7. The highest BCUT2D eigenvalue weighted by atomic mass is 19.4. The lowest BCUT2D eigenvalue weighted by Crippen LogP contribution is -2.14. The number of alkyl halides is 6. The Morgan fingerprint density at radius 1 is 0.972 bits per heavy atom. The van der Waals surface area contributed by atoms with Gasteiger partial charge in [0.25, 0.3) is 5.91 Å². The van der Waals surface area contributed by atoms with E-state index in [0.717, 1.165) is 22.9 Å². The van der Waals surface area contributed by atoms with Crippen molar-refractivity contribution in [2.45, 2.75) is 32.2 Å². The van der Waals surface area contributed by atoms with Gasteiger partial charge in [-0.3, -0.25) is 9.48 Å². The molecule has 0 spiro atoms. The van der Waals surface area contributed by atoms with Crippen molar-refractivity contribution in [3.8, 4) is 5.69 Å². The third-order valence-electron chi connectivity index (χ3n) is 5.36. The topological polar surface area (TPSA) is 64.7 Å². The highest BCUT2D eigenvalue weighted by Crippen LogP contribution is 2.31. The van der Waals surface area contributed by atoms with Crippen molar-refractivity contribution < 1.29 is 31.1 Å². The van der Waals surface area contributed by atoms with E-state index in [1.54, 1.807) is 19.1 Å². The Hall–Kier alpha value is -4.09. The Kier molecular flexibility index (Phi) is 6.61. The summed E-state index contributed by atoms with van der Waals surface area (Å²) < 4.78 is 79.9. The van der Waals surface area contributed by atoms with Gasteiger partial charge in [0, 0.05) is 11.8 Å². The molecule has 4 rings (SSSR count). The fourth-order valence-corrected chi connectivity index (χ4v) is 3.60. The van der Waals surface area contributed by atoms with E-state index in [0.29, 0.717) is 23.4 Å². The molecule has 0 radical (unpaired) electrons. The quantitative estimate of drug-likeness (QED) is 0.327. The van der Waals surface area contributed by atoms with Gasteiger partial charge >= 0.3 is 12.4 Å². The molecule has 4 aromatic rings. The second-order valence-corrected chi connectivity index (χ2v) is 7.87. The summed E-state index contributed by atoms with van der Waals surface area (Å²) in [6.45, 7) is 1.87. The van der Waals surface area contributed by atoms with E-state index in [2.05, 4.69) is 15.5 Å². The third kappa shape index (κ3) is 5.42. The lowest BCUT2D eigenvalue weighted by atomic mass is 10.1. The van der Waals surface area contributed by atoms with E-state index in [-0.39, 0.29) is 17.8 Å². The summed E-state index contributed by atoms with van der Waals surface area (Å²) in [4.78, 5) is 12.8. The maximum absolute atomic E-state index is 13.1. The second-order valence-electron chi connectivity index (χ2n) is 7.87. The molecule has 0 atom stereocenters. The summed E-state index contributed by atoms with van der Waals surface area (Å²) in [5.74, 6) is -0.474. The number of hydrogen-bond donors (Lipinski definition) is 1. The average molecular weight is 507 g/mol. The van der Waals surface area contributed by atoms with Gasteiger partial charge in [0.05, 0.1) is 35.4 Å². The molecule has 0 fully saturated rings. The van der Waals surface area contributed by atoms with Crippen molar-refractivity contribution in [2.24, 2.45) is 0 Å². The summed E-state index contributed by atoms with van der Waals surface area (Å²) in [5.41, 5.74) is 0.181. The van der Waals surface area contributed by atoms with Crippen molar-refractivity contribution in [3.63, 3.8) is 0 Å².